The molecule has 0 bridgehead atoms. The van der Waals surface area contributed by atoms with Gasteiger partial charge in [-0.1, -0.05) is 12.1 Å². The molecule has 0 saturated heterocycles. The molecule has 7 heteroatoms. The van der Waals surface area contributed by atoms with Crippen LogP contribution in [0.3, 0.4) is 0 Å². The zero-order valence-corrected chi connectivity index (χ0v) is 17.0. The van der Waals surface area contributed by atoms with Gasteiger partial charge in [0.05, 0.1) is 29.8 Å². The lowest BCUT2D eigenvalue weighted by Crippen LogP contribution is -2.05. The minimum atomic E-state index is 0.524. The second-order valence-corrected chi connectivity index (χ2v) is 7.55. The lowest BCUT2D eigenvalue weighted by atomic mass is 10.2. The van der Waals surface area contributed by atoms with E-state index in [1.165, 1.54) is 4.88 Å². The molecule has 1 N–H and O–H groups in total. The minimum Gasteiger partial charge on any atom is -0.493 e. The number of rotatable bonds is 7. The maximum Gasteiger partial charge on any atom is 0.203 e. The maximum atomic E-state index is 9.09. The van der Waals surface area contributed by atoms with E-state index in [9.17, 15) is 0 Å². The smallest absolute Gasteiger partial charge is 0.203 e. The third kappa shape index (κ3) is 4.03. The molecule has 0 fully saturated rings. The SMILES string of the molecule is COc1cc(CNc2nc3ccc(C#N)cc3n2C)ccc1OCc1cccs1. The highest BCUT2D eigenvalue weighted by atomic mass is 32.1. The molecule has 0 aliphatic carbocycles. The number of hydrogen-bond acceptors (Lipinski definition) is 6. The average molecular weight is 404 g/mol. The molecule has 0 amide bonds. The highest BCUT2D eigenvalue weighted by molar-refractivity contribution is 7.09. The van der Waals surface area contributed by atoms with E-state index in [4.69, 9.17) is 14.7 Å². The summed E-state index contributed by atoms with van der Waals surface area (Å²) in [6.45, 7) is 1.11. The van der Waals surface area contributed by atoms with Gasteiger partial charge in [0.25, 0.3) is 0 Å². The lowest BCUT2D eigenvalue weighted by Gasteiger charge is -2.12. The Labute approximate surface area is 173 Å². The Kier molecular flexibility index (Phi) is 5.36. The highest BCUT2D eigenvalue weighted by Gasteiger charge is 2.10. The fraction of sp³-hybridized carbons (Fsp3) is 0.182. The minimum absolute atomic E-state index is 0.524. The fourth-order valence-electron chi connectivity index (χ4n) is 3.08. The Morgan fingerprint density at radius 1 is 1.17 bits per heavy atom. The lowest BCUT2D eigenvalue weighted by molar-refractivity contribution is 0.287. The second kappa shape index (κ2) is 8.25. The Morgan fingerprint density at radius 3 is 2.83 bits per heavy atom. The summed E-state index contributed by atoms with van der Waals surface area (Å²) < 4.78 is 13.3. The first-order valence-corrected chi connectivity index (χ1v) is 9.98. The van der Waals surface area contributed by atoms with Crippen molar-refractivity contribution in [3.8, 4) is 17.6 Å². The van der Waals surface area contributed by atoms with Gasteiger partial charge in [-0.05, 0) is 47.3 Å². The van der Waals surface area contributed by atoms with Crippen LogP contribution in [-0.2, 0) is 20.2 Å². The molecule has 0 unspecified atom stereocenters. The Morgan fingerprint density at radius 2 is 2.07 bits per heavy atom. The van der Waals surface area contributed by atoms with E-state index < -0.39 is 0 Å². The molecule has 2 aromatic carbocycles. The van der Waals surface area contributed by atoms with Gasteiger partial charge in [-0.25, -0.2) is 4.98 Å². The van der Waals surface area contributed by atoms with Crippen molar-refractivity contribution in [2.24, 2.45) is 7.05 Å². The van der Waals surface area contributed by atoms with Crippen LogP contribution in [0, 0.1) is 11.3 Å². The van der Waals surface area contributed by atoms with Crippen molar-refractivity contribution in [2.75, 3.05) is 12.4 Å². The number of imidazole rings is 1. The van der Waals surface area contributed by atoms with Gasteiger partial charge in [0.15, 0.2) is 11.5 Å². The van der Waals surface area contributed by atoms with Crippen LogP contribution in [0.5, 0.6) is 11.5 Å². The first-order chi connectivity index (χ1) is 14.2. The van der Waals surface area contributed by atoms with Gasteiger partial charge < -0.3 is 19.4 Å². The van der Waals surface area contributed by atoms with E-state index >= 15 is 0 Å². The molecule has 6 nitrogen and oxygen atoms in total. The molecule has 146 valence electrons. The van der Waals surface area contributed by atoms with Crippen LogP contribution in [0.1, 0.15) is 16.0 Å². The van der Waals surface area contributed by atoms with E-state index in [1.54, 1.807) is 24.5 Å². The summed E-state index contributed by atoms with van der Waals surface area (Å²) in [7, 11) is 3.57. The summed E-state index contributed by atoms with van der Waals surface area (Å²) in [6, 6.07) is 17.6. The Hall–Kier alpha value is -3.50. The van der Waals surface area contributed by atoms with Gasteiger partial charge in [0.1, 0.15) is 6.61 Å². The van der Waals surface area contributed by atoms with Crippen LogP contribution in [0.2, 0.25) is 0 Å². The van der Waals surface area contributed by atoms with Gasteiger partial charge in [-0.3, -0.25) is 0 Å². The molecule has 2 heterocycles. The van der Waals surface area contributed by atoms with Crippen molar-refractivity contribution in [3.63, 3.8) is 0 Å². The standard InChI is InChI=1S/C22H20N4O2S/c1-26-19-10-15(12-23)5-7-18(19)25-22(26)24-13-16-6-8-20(21(11-16)27-2)28-14-17-4-3-9-29-17/h3-11H,13-14H2,1-2H3,(H,24,25). The summed E-state index contributed by atoms with van der Waals surface area (Å²) in [6.07, 6.45) is 0. The second-order valence-electron chi connectivity index (χ2n) is 6.52. The summed E-state index contributed by atoms with van der Waals surface area (Å²) in [4.78, 5) is 5.77. The van der Waals surface area contributed by atoms with E-state index in [-0.39, 0.29) is 0 Å². The molecular weight excluding hydrogens is 384 g/mol. The van der Waals surface area contributed by atoms with Crippen molar-refractivity contribution < 1.29 is 9.47 Å². The first-order valence-electron chi connectivity index (χ1n) is 9.10. The number of fused-ring (bicyclic) bond motifs is 1. The van der Waals surface area contributed by atoms with Crippen LogP contribution in [-0.4, -0.2) is 16.7 Å². The molecule has 0 aliphatic rings. The molecule has 0 spiro atoms. The number of nitrogens with one attached hydrogen (secondary N) is 1. The van der Waals surface area contributed by atoms with Crippen LogP contribution >= 0.6 is 11.3 Å². The fourth-order valence-corrected chi connectivity index (χ4v) is 3.70. The van der Waals surface area contributed by atoms with Crippen molar-refractivity contribution in [1.82, 2.24) is 9.55 Å². The van der Waals surface area contributed by atoms with E-state index in [2.05, 4.69) is 16.4 Å². The van der Waals surface area contributed by atoms with Crippen LogP contribution in [0.25, 0.3) is 11.0 Å². The monoisotopic (exact) mass is 404 g/mol. The quantitative estimate of drug-likeness (QED) is 0.483. The van der Waals surface area contributed by atoms with Crippen LogP contribution in [0.4, 0.5) is 5.95 Å². The number of benzene rings is 2. The molecule has 29 heavy (non-hydrogen) atoms. The van der Waals surface area contributed by atoms with Crippen molar-refractivity contribution in [1.29, 1.82) is 5.26 Å². The molecular formula is C22H20N4O2S. The van der Waals surface area contributed by atoms with Crippen LogP contribution in [0.15, 0.2) is 53.9 Å². The first kappa shape index (κ1) is 18.8. The number of anilines is 1. The predicted molar refractivity (Wildman–Crippen MR) is 114 cm³/mol. The maximum absolute atomic E-state index is 9.09. The molecule has 0 radical (unpaired) electrons. The summed E-state index contributed by atoms with van der Waals surface area (Å²) in [5.41, 5.74) is 3.44. The number of aryl methyl sites for hydroxylation is 1. The van der Waals surface area contributed by atoms with E-state index in [0.29, 0.717) is 24.5 Å². The summed E-state index contributed by atoms with van der Waals surface area (Å²) in [5, 5.41) is 14.5. The van der Waals surface area contributed by atoms with Crippen molar-refractivity contribution >= 4 is 28.3 Å². The summed E-state index contributed by atoms with van der Waals surface area (Å²) in [5.74, 6) is 2.16. The van der Waals surface area contributed by atoms with Gasteiger partial charge >= 0.3 is 0 Å². The zero-order valence-electron chi connectivity index (χ0n) is 16.2. The molecule has 4 aromatic rings. The van der Waals surface area contributed by atoms with Gasteiger partial charge in [0, 0.05) is 18.5 Å². The molecule has 2 aromatic heterocycles. The highest BCUT2D eigenvalue weighted by Crippen LogP contribution is 2.30. The number of aromatic nitrogens is 2. The normalized spacial score (nSPS) is 10.7. The molecule has 4 rings (SSSR count). The number of thiophene rings is 1. The predicted octanol–water partition coefficient (Wildman–Crippen LogP) is 4.71. The largest absolute Gasteiger partial charge is 0.493 e. The van der Waals surface area contributed by atoms with E-state index in [1.807, 2.05) is 59.5 Å². The summed E-state index contributed by atoms with van der Waals surface area (Å²) >= 11 is 1.67. The number of hydrogen-bond donors (Lipinski definition) is 1. The Bertz CT molecular complexity index is 1180. The van der Waals surface area contributed by atoms with Crippen LogP contribution < -0.4 is 14.8 Å². The third-order valence-electron chi connectivity index (χ3n) is 4.64. The Balaban J connectivity index is 1.47. The molecule has 0 atom stereocenters. The van der Waals surface area contributed by atoms with Crippen molar-refractivity contribution in [2.45, 2.75) is 13.2 Å². The molecule has 0 aliphatic heterocycles. The van der Waals surface area contributed by atoms with Gasteiger partial charge in [-0.15, -0.1) is 11.3 Å². The third-order valence-corrected chi connectivity index (χ3v) is 5.49. The number of nitriles is 1. The number of nitrogens with zero attached hydrogens (tertiary/aromatic N) is 3. The van der Waals surface area contributed by atoms with E-state index in [0.717, 1.165) is 28.3 Å². The number of methoxy groups -OCH3 is 1. The average Bonchev–Trinajstić information content (AvgIpc) is 3.38. The zero-order chi connectivity index (χ0) is 20.2. The van der Waals surface area contributed by atoms with Crippen molar-refractivity contribution in [3.05, 3.63) is 69.9 Å². The number of ether oxygens (including phenoxy) is 2. The van der Waals surface area contributed by atoms with Gasteiger partial charge in [-0.2, -0.15) is 5.26 Å². The topological polar surface area (TPSA) is 72.1 Å². The molecule has 0 saturated carbocycles. The van der Waals surface area contributed by atoms with Gasteiger partial charge in [0.2, 0.25) is 5.95 Å².